The van der Waals surface area contributed by atoms with Crippen molar-refractivity contribution >= 4 is 0 Å². The molecule has 0 radical (unpaired) electrons. The van der Waals surface area contributed by atoms with Crippen LogP contribution in [0.1, 0.15) is 41.5 Å². The van der Waals surface area contributed by atoms with Crippen LogP contribution >= 0.6 is 0 Å². The molecule has 4 atom stereocenters. The Bertz CT molecular complexity index is 269. The van der Waals surface area contributed by atoms with Gasteiger partial charge in [0.25, 0.3) is 0 Å². The molecule has 0 saturated carbocycles. The fourth-order valence-electron chi connectivity index (χ4n) is 1.79. The molecule has 2 unspecified atom stereocenters. The summed E-state index contributed by atoms with van der Waals surface area (Å²) in [6.45, 7) is 12.1. The average molecular weight is 261 g/mol. The monoisotopic (exact) mass is 261 g/mol. The summed E-state index contributed by atoms with van der Waals surface area (Å²) in [5.41, 5.74) is 5.09. The van der Waals surface area contributed by atoms with Crippen LogP contribution in [0.2, 0.25) is 0 Å². The highest BCUT2D eigenvalue weighted by atomic mass is 16.6. The number of rotatable bonds is 3. The van der Waals surface area contributed by atoms with Crippen LogP contribution in [0, 0.1) is 0 Å². The van der Waals surface area contributed by atoms with Gasteiger partial charge in [-0.05, 0) is 41.5 Å². The minimum Gasteiger partial charge on any atom is -0.386 e. The van der Waals surface area contributed by atoms with Crippen LogP contribution in [0.3, 0.4) is 0 Å². The zero-order valence-electron chi connectivity index (χ0n) is 12.3. The van der Waals surface area contributed by atoms with E-state index in [1.165, 1.54) is 0 Å². The molecule has 108 valence electrons. The van der Waals surface area contributed by atoms with Crippen LogP contribution in [0.25, 0.3) is 0 Å². The van der Waals surface area contributed by atoms with Gasteiger partial charge in [0.15, 0.2) is 0 Å². The molecule has 1 saturated heterocycles. The highest BCUT2D eigenvalue weighted by Crippen LogP contribution is 2.27. The molecule has 1 fully saturated rings. The zero-order chi connectivity index (χ0) is 14.1. The van der Waals surface area contributed by atoms with E-state index in [1.807, 2.05) is 41.5 Å². The van der Waals surface area contributed by atoms with Crippen molar-refractivity contribution in [1.82, 2.24) is 0 Å². The lowest BCUT2D eigenvalue weighted by molar-refractivity contribution is -0.137. The number of nitrogens with two attached hydrogens (primary N) is 1. The number of hydrogen-bond donors (Lipinski definition) is 2. The van der Waals surface area contributed by atoms with Crippen molar-refractivity contribution in [2.24, 2.45) is 5.73 Å². The van der Waals surface area contributed by atoms with E-state index < -0.39 is 18.4 Å². The molecule has 0 bridgehead atoms. The Kier molecular flexibility index (Phi) is 4.78. The molecule has 0 aromatic heterocycles. The van der Waals surface area contributed by atoms with Gasteiger partial charge in [0.1, 0.15) is 24.5 Å². The fraction of sp³-hybridized carbons (Fsp3) is 1.00. The summed E-state index contributed by atoms with van der Waals surface area (Å²) in [6, 6.07) is 0. The summed E-state index contributed by atoms with van der Waals surface area (Å²) in [4.78, 5) is 0. The highest BCUT2D eigenvalue weighted by molar-refractivity contribution is 4.91. The SMILES string of the molecule is CC(C)(C)OC[C@H]1O[C@@H](N)C(O)C1OC(C)(C)C. The molecule has 18 heavy (non-hydrogen) atoms. The number of ether oxygens (including phenoxy) is 3. The molecule has 1 heterocycles. The molecule has 0 aliphatic carbocycles. The van der Waals surface area contributed by atoms with Crippen LogP contribution in [-0.2, 0) is 14.2 Å². The van der Waals surface area contributed by atoms with Gasteiger partial charge >= 0.3 is 0 Å². The van der Waals surface area contributed by atoms with Gasteiger partial charge in [-0.3, -0.25) is 0 Å². The van der Waals surface area contributed by atoms with Gasteiger partial charge in [-0.1, -0.05) is 0 Å². The van der Waals surface area contributed by atoms with Crippen LogP contribution in [-0.4, -0.2) is 47.5 Å². The minimum atomic E-state index is -0.821. The Labute approximate surface area is 110 Å². The molecule has 0 aromatic rings. The first-order valence-corrected chi connectivity index (χ1v) is 6.40. The van der Waals surface area contributed by atoms with Crippen LogP contribution in [0.4, 0.5) is 0 Å². The maximum absolute atomic E-state index is 9.99. The zero-order valence-corrected chi connectivity index (χ0v) is 12.3. The Balaban J connectivity index is 2.64. The lowest BCUT2D eigenvalue weighted by atomic mass is 10.1. The van der Waals surface area contributed by atoms with Crippen molar-refractivity contribution in [2.45, 2.75) is 77.3 Å². The van der Waals surface area contributed by atoms with Gasteiger partial charge < -0.3 is 25.1 Å². The van der Waals surface area contributed by atoms with Gasteiger partial charge in [-0.15, -0.1) is 0 Å². The first-order chi connectivity index (χ1) is 7.99. The molecule has 0 aromatic carbocycles. The predicted octanol–water partition coefficient (Wildman–Crippen LogP) is 1.03. The summed E-state index contributed by atoms with van der Waals surface area (Å²) in [7, 11) is 0. The lowest BCUT2D eigenvalue weighted by Gasteiger charge is -2.30. The van der Waals surface area contributed by atoms with Crippen molar-refractivity contribution in [1.29, 1.82) is 0 Å². The van der Waals surface area contributed by atoms with E-state index >= 15 is 0 Å². The number of hydrogen-bond acceptors (Lipinski definition) is 5. The van der Waals surface area contributed by atoms with E-state index in [0.29, 0.717) is 6.61 Å². The van der Waals surface area contributed by atoms with Gasteiger partial charge in [0.05, 0.1) is 17.8 Å². The van der Waals surface area contributed by atoms with E-state index in [4.69, 9.17) is 19.9 Å². The van der Waals surface area contributed by atoms with Crippen LogP contribution in [0.15, 0.2) is 0 Å². The first-order valence-electron chi connectivity index (χ1n) is 6.40. The highest BCUT2D eigenvalue weighted by Gasteiger charge is 2.45. The van der Waals surface area contributed by atoms with E-state index in [2.05, 4.69) is 0 Å². The molecule has 0 amide bonds. The second-order valence-electron chi connectivity index (χ2n) is 6.75. The third-order valence-electron chi connectivity index (χ3n) is 2.54. The maximum atomic E-state index is 9.99. The normalized spacial score (nSPS) is 34.0. The Hall–Kier alpha value is -0.200. The Morgan fingerprint density at radius 1 is 1.11 bits per heavy atom. The maximum Gasteiger partial charge on any atom is 0.135 e. The topological polar surface area (TPSA) is 73.9 Å². The van der Waals surface area contributed by atoms with E-state index in [1.54, 1.807) is 0 Å². The van der Waals surface area contributed by atoms with Crippen LogP contribution in [0.5, 0.6) is 0 Å². The standard InChI is InChI=1S/C13H27NO4/c1-12(2,3)16-7-8-10(18-13(4,5)6)9(15)11(14)17-8/h8-11,15H,7,14H2,1-6H3/t8-,9?,10?,11-/m1/s1. The third kappa shape index (κ3) is 4.82. The van der Waals surface area contributed by atoms with Crippen molar-refractivity contribution in [3.63, 3.8) is 0 Å². The summed E-state index contributed by atoms with van der Waals surface area (Å²) in [5, 5.41) is 9.99. The third-order valence-corrected chi connectivity index (χ3v) is 2.54. The molecule has 5 heteroatoms. The van der Waals surface area contributed by atoms with Crippen molar-refractivity contribution in [2.75, 3.05) is 6.61 Å². The smallest absolute Gasteiger partial charge is 0.135 e. The summed E-state index contributed by atoms with van der Waals surface area (Å²) >= 11 is 0. The Morgan fingerprint density at radius 2 is 1.67 bits per heavy atom. The summed E-state index contributed by atoms with van der Waals surface area (Å²) in [6.07, 6.45) is -2.33. The quantitative estimate of drug-likeness (QED) is 0.793. The molecule has 1 aliphatic rings. The largest absolute Gasteiger partial charge is 0.386 e. The second kappa shape index (κ2) is 5.43. The minimum absolute atomic E-state index is 0.257. The summed E-state index contributed by atoms with van der Waals surface area (Å²) in [5.74, 6) is 0. The van der Waals surface area contributed by atoms with E-state index in [0.717, 1.165) is 0 Å². The Morgan fingerprint density at radius 3 is 2.11 bits per heavy atom. The van der Waals surface area contributed by atoms with Crippen LogP contribution < -0.4 is 5.73 Å². The number of aliphatic hydroxyl groups is 1. The van der Waals surface area contributed by atoms with Gasteiger partial charge in [0.2, 0.25) is 0 Å². The van der Waals surface area contributed by atoms with Gasteiger partial charge in [-0.25, -0.2) is 0 Å². The lowest BCUT2D eigenvalue weighted by Crippen LogP contribution is -2.44. The average Bonchev–Trinajstić information content (AvgIpc) is 2.39. The van der Waals surface area contributed by atoms with Gasteiger partial charge in [0, 0.05) is 0 Å². The molecule has 3 N–H and O–H groups in total. The van der Waals surface area contributed by atoms with Crippen molar-refractivity contribution in [3.8, 4) is 0 Å². The first kappa shape index (κ1) is 15.9. The van der Waals surface area contributed by atoms with Crippen molar-refractivity contribution in [3.05, 3.63) is 0 Å². The second-order valence-corrected chi connectivity index (χ2v) is 6.75. The fourth-order valence-corrected chi connectivity index (χ4v) is 1.79. The molecule has 0 spiro atoms. The van der Waals surface area contributed by atoms with Crippen molar-refractivity contribution < 1.29 is 19.3 Å². The van der Waals surface area contributed by atoms with Gasteiger partial charge in [-0.2, -0.15) is 0 Å². The molecule has 1 rings (SSSR count). The number of aliphatic hydroxyl groups excluding tert-OH is 1. The molecular weight excluding hydrogens is 234 g/mol. The molecule has 5 nitrogen and oxygen atoms in total. The van der Waals surface area contributed by atoms with E-state index in [9.17, 15) is 5.11 Å². The summed E-state index contributed by atoms with van der Waals surface area (Å²) < 4.78 is 17.0. The molecule has 1 aliphatic heterocycles. The van der Waals surface area contributed by atoms with E-state index in [-0.39, 0.29) is 17.3 Å². The predicted molar refractivity (Wildman–Crippen MR) is 69.2 cm³/mol. The molecular formula is C13H27NO4.